The van der Waals surface area contributed by atoms with E-state index in [4.69, 9.17) is 17.3 Å². The monoisotopic (exact) mass is 208 g/mol. The maximum absolute atomic E-state index is 6.05. The third kappa shape index (κ3) is 1.51. The topological polar surface area (TPSA) is 41.8 Å². The average molecular weight is 209 g/mol. The molecule has 0 aliphatic heterocycles. The predicted molar refractivity (Wildman–Crippen MR) is 60.5 cm³/mol. The van der Waals surface area contributed by atoms with Crippen molar-refractivity contribution in [1.29, 1.82) is 0 Å². The van der Waals surface area contributed by atoms with Gasteiger partial charge in [0.15, 0.2) is 0 Å². The van der Waals surface area contributed by atoms with Crippen LogP contribution in [0.15, 0.2) is 24.4 Å². The second kappa shape index (κ2) is 3.01. The number of hydrogen-bond acceptors (Lipinski definition) is 1. The summed E-state index contributed by atoms with van der Waals surface area (Å²) in [6.45, 7) is 3.98. The lowest BCUT2D eigenvalue weighted by Gasteiger charge is -2.17. The molecule has 0 aliphatic rings. The average Bonchev–Trinajstić information content (AvgIpc) is 2.45. The van der Waals surface area contributed by atoms with Gasteiger partial charge in [-0.3, -0.25) is 0 Å². The molecule has 0 aliphatic carbocycles. The molecule has 2 aromatic rings. The molecule has 0 unspecified atom stereocenters. The first-order chi connectivity index (χ1) is 6.48. The summed E-state index contributed by atoms with van der Waals surface area (Å²) in [7, 11) is 0. The number of aromatic nitrogens is 1. The van der Waals surface area contributed by atoms with Gasteiger partial charge in [0.2, 0.25) is 0 Å². The number of rotatable bonds is 1. The highest BCUT2D eigenvalue weighted by molar-refractivity contribution is 6.31. The Balaban J connectivity index is 2.70. The minimum absolute atomic E-state index is 0.327. The molecule has 0 amide bonds. The van der Waals surface area contributed by atoms with E-state index in [-0.39, 0.29) is 5.54 Å². The number of aromatic amines is 1. The molecule has 14 heavy (non-hydrogen) atoms. The molecule has 2 rings (SSSR count). The molecule has 0 radical (unpaired) electrons. The summed E-state index contributed by atoms with van der Waals surface area (Å²) in [5.74, 6) is 0. The number of benzene rings is 1. The molecule has 0 atom stereocenters. The van der Waals surface area contributed by atoms with Gasteiger partial charge in [-0.1, -0.05) is 17.7 Å². The zero-order chi connectivity index (χ0) is 10.3. The fourth-order valence-corrected chi connectivity index (χ4v) is 1.80. The van der Waals surface area contributed by atoms with Crippen LogP contribution in [0.1, 0.15) is 19.4 Å². The van der Waals surface area contributed by atoms with Crippen molar-refractivity contribution in [3.63, 3.8) is 0 Å². The van der Waals surface area contributed by atoms with Crippen LogP contribution in [-0.4, -0.2) is 4.98 Å². The Labute approximate surface area is 88.1 Å². The lowest BCUT2D eigenvalue weighted by molar-refractivity contribution is 0.559. The Morgan fingerprint density at radius 2 is 2.07 bits per heavy atom. The van der Waals surface area contributed by atoms with Gasteiger partial charge in [0, 0.05) is 27.7 Å². The van der Waals surface area contributed by atoms with Crippen molar-refractivity contribution in [1.82, 2.24) is 4.98 Å². The van der Waals surface area contributed by atoms with Crippen molar-refractivity contribution >= 4 is 22.5 Å². The van der Waals surface area contributed by atoms with Gasteiger partial charge in [-0.25, -0.2) is 0 Å². The molecule has 74 valence electrons. The second-order valence-electron chi connectivity index (χ2n) is 4.11. The highest BCUT2D eigenvalue weighted by Gasteiger charge is 2.18. The molecule has 2 nitrogen and oxygen atoms in total. The van der Waals surface area contributed by atoms with Crippen molar-refractivity contribution < 1.29 is 0 Å². The van der Waals surface area contributed by atoms with E-state index < -0.39 is 0 Å². The number of halogens is 1. The van der Waals surface area contributed by atoms with Crippen LogP contribution in [0.3, 0.4) is 0 Å². The fourth-order valence-electron chi connectivity index (χ4n) is 1.63. The van der Waals surface area contributed by atoms with E-state index in [0.29, 0.717) is 0 Å². The van der Waals surface area contributed by atoms with E-state index in [9.17, 15) is 0 Å². The summed E-state index contributed by atoms with van der Waals surface area (Å²) < 4.78 is 0. The van der Waals surface area contributed by atoms with Gasteiger partial charge in [-0.05, 0) is 31.5 Å². The van der Waals surface area contributed by atoms with Crippen LogP contribution < -0.4 is 5.73 Å². The predicted octanol–water partition coefficient (Wildman–Crippen LogP) is 3.02. The summed E-state index contributed by atoms with van der Waals surface area (Å²) >= 11 is 5.89. The first kappa shape index (κ1) is 9.56. The SMILES string of the molecule is CC(C)(N)c1c[nH]c2cc(Cl)ccc12. The molecule has 0 fully saturated rings. The zero-order valence-corrected chi connectivity index (χ0v) is 9.02. The molecule has 1 heterocycles. The lowest BCUT2D eigenvalue weighted by atomic mass is 9.95. The number of fused-ring (bicyclic) bond motifs is 1. The molecule has 0 spiro atoms. The summed E-state index contributed by atoms with van der Waals surface area (Å²) in [4.78, 5) is 3.17. The van der Waals surface area contributed by atoms with Gasteiger partial charge < -0.3 is 10.7 Å². The Morgan fingerprint density at radius 3 is 2.71 bits per heavy atom. The molecule has 3 N–H and O–H groups in total. The van der Waals surface area contributed by atoms with Crippen LogP contribution >= 0.6 is 11.6 Å². The van der Waals surface area contributed by atoms with E-state index in [1.54, 1.807) is 0 Å². The third-order valence-electron chi connectivity index (χ3n) is 2.34. The van der Waals surface area contributed by atoms with Crippen LogP contribution in [0.4, 0.5) is 0 Å². The number of hydrogen-bond donors (Lipinski definition) is 2. The van der Waals surface area contributed by atoms with Crippen LogP contribution in [0, 0.1) is 0 Å². The van der Waals surface area contributed by atoms with Crippen LogP contribution in [-0.2, 0) is 5.54 Å². The number of H-pyrrole nitrogens is 1. The largest absolute Gasteiger partial charge is 0.361 e. The first-order valence-corrected chi connectivity index (χ1v) is 4.92. The van der Waals surface area contributed by atoms with Gasteiger partial charge in [0.05, 0.1) is 0 Å². The minimum Gasteiger partial charge on any atom is -0.361 e. The quantitative estimate of drug-likeness (QED) is 0.743. The first-order valence-electron chi connectivity index (χ1n) is 4.54. The fraction of sp³-hybridized carbons (Fsp3) is 0.273. The maximum Gasteiger partial charge on any atom is 0.0472 e. The van der Waals surface area contributed by atoms with E-state index in [1.807, 2.05) is 38.2 Å². The summed E-state index contributed by atoms with van der Waals surface area (Å²) in [6.07, 6.45) is 1.95. The summed E-state index contributed by atoms with van der Waals surface area (Å²) in [5, 5.41) is 1.88. The van der Waals surface area contributed by atoms with Crippen molar-refractivity contribution in [3.8, 4) is 0 Å². The van der Waals surface area contributed by atoms with Gasteiger partial charge in [-0.2, -0.15) is 0 Å². The Morgan fingerprint density at radius 1 is 1.36 bits per heavy atom. The standard InChI is InChI=1S/C11H13ClN2/c1-11(2,13)9-6-14-10-5-7(12)3-4-8(9)10/h3-6,14H,13H2,1-2H3. The Hall–Kier alpha value is -0.990. The third-order valence-corrected chi connectivity index (χ3v) is 2.57. The Bertz CT molecular complexity index is 466. The van der Waals surface area contributed by atoms with E-state index in [2.05, 4.69) is 4.98 Å². The van der Waals surface area contributed by atoms with Crippen molar-refractivity contribution in [2.24, 2.45) is 5.73 Å². The molecule has 0 saturated heterocycles. The molecular weight excluding hydrogens is 196 g/mol. The lowest BCUT2D eigenvalue weighted by Crippen LogP contribution is -2.28. The smallest absolute Gasteiger partial charge is 0.0472 e. The van der Waals surface area contributed by atoms with Crippen LogP contribution in [0.2, 0.25) is 5.02 Å². The van der Waals surface area contributed by atoms with Crippen molar-refractivity contribution in [3.05, 3.63) is 35.0 Å². The van der Waals surface area contributed by atoms with Gasteiger partial charge in [0.25, 0.3) is 0 Å². The zero-order valence-electron chi connectivity index (χ0n) is 8.26. The normalized spacial score (nSPS) is 12.3. The van der Waals surface area contributed by atoms with Gasteiger partial charge >= 0.3 is 0 Å². The van der Waals surface area contributed by atoms with Crippen molar-refractivity contribution in [2.75, 3.05) is 0 Å². The van der Waals surface area contributed by atoms with Gasteiger partial charge in [0.1, 0.15) is 0 Å². The highest BCUT2D eigenvalue weighted by Crippen LogP contribution is 2.28. The number of nitrogens with one attached hydrogen (secondary N) is 1. The van der Waals surface area contributed by atoms with Crippen LogP contribution in [0.25, 0.3) is 10.9 Å². The molecule has 0 saturated carbocycles. The van der Waals surface area contributed by atoms with E-state index >= 15 is 0 Å². The van der Waals surface area contributed by atoms with E-state index in [1.165, 1.54) is 0 Å². The van der Waals surface area contributed by atoms with E-state index in [0.717, 1.165) is 21.5 Å². The second-order valence-corrected chi connectivity index (χ2v) is 4.55. The molecule has 0 bridgehead atoms. The molecule has 1 aromatic heterocycles. The highest BCUT2D eigenvalue weighted by atomic mass is 35.5. The van der Waals surface area contributed by atoms with Crippen molar-refractivity contribution in [2.45, 2.75) is 19.4 Å². The minimum atomic E-state index is -0.327. The summed E-state index contributed by atoms with van der Waals surface area (Å²) in [5.41, 5.74) is 7.87. The molecular formula is C11H13ClN2. The maximum atomic E-state index is 6.05. The Kier molecular flexibility index (Phi) is 2.05. The molecule has 3 heteroatoms. The number of nitrogens with two attached hydrogens (primary N) is 1. The summed E-state index contributed by atoms with van der Waals surface area (Å²) in [6, 6.07) is 5.79. The van der Waals surface area contributed by atoms with Crippen LogP contribution in [0.5, 0.6) is 0 Å². The molecule has 1 aromatic carbocycles. The van der Waals surface area contributed by atoms with Gasteiger partial charge in [-0.15, -0.1) is 0 Å².